The predicted octanol–water partition coefficient (Wildman–Crippen LogP) is 4.64. The number of nitrogens with zero attached hydrogens (tertiary/aromatic N) is 4. The lowest BCUT2D eigenvalue weighted by Gasteiger charge is -2.21. The van der Waals surface area contributed by atoms with Gasteiger partial charge >= 0.3 is 0 Å². The van der Waals surface area contributed by atoms with E-state index < -0.39 is 11.9 Å². The van der Waals surface area contributed by atoms with Crippen LogP contribution in [0.3, 0.4) is 0 Å². The van der Waals surface area contributed by atoms with Gasteiger partial charge in [0, 0.05) is 43.7 Å². The molecule has 1 N–H and O–H groups in total. The highest BCUT2D eigenvalue weighted by Gasteiger charge is 2.23. The van der Waals surface area contributed by atoms with Crippen LogP contribution in [0.1, 0.15) is 46.3 Å². The summed E-state index contributed by atoms with van der Waals surface area (Å²) in [6, 6.07) is 11.1. The number of hydrogen-bond donors (Lipinski definition) is 1. The van der Waals surface area contributed by atoms with Crippen LogP contribution in [0.15, 0.2) is 54.9 Å². The molecule has 0 saturated carbocycles. The van der Waals surface area contributed by atoms with Crippen molar-refractivity contribution in [1.82, 2.24) is 25.1 Å². The SMILES string of the molecule is Cn1nccc1[C@@H](NC(=O)c1ccc2cnc(CC3CCOCC3)cc2n1)c1ccc(Cl)c(F)c1. The van der Waals surface area contributed by atoms with Gasteiger partial charge in [-0.1, -0.05) is 17.7 Å². The molecule has 1 fully saturated rings. The first kappa shape index (κ1) is 23.4. The van der Waals surface area contributed by atoms with E-state index in [1.54, 1.807) is 42.3 Å². The highest BCUT2D eigenvalue weighted by molar-refractivity contribution is 6.30. The van der Waals surface area contributed by atoms with Gasteiger partial charge in [-0.15, -0.1) is 0 Å². The van der Waals surface area contributed by atoms with Crippen molar-refractivity contribution in [1.29, 1.82) is 0 Å². The summed E-state index contributed by atoms with van der Waals surface area (Å²) in [5.41, 5.74) is 3.18. The quantitative estimate of drug-likeness (QED) is 0.423. The Bertz CT molecular complexity index is 1370. The standard InChI is InChI=1S/C26H25ClFN5O2/c1-33-24(6-9-30-33)25(17-2-4-20(27)21(28)13-17)32-26(34)22-5-3-18-15-29-19(14-23(18)31-22)12-16-7-10-35-11-8-16/h2-6,9,13-16,25H,7-8,10-12H2,1H3,(H,32,34)/t25-/m0/s1. The molecule has 9 heteroatoms. The van der Waals surface area contributed by atoms with Crippen LogP contribution in [0.5, 0.6) is 0 Å². The second kappa shape index (κ2) is 10.1. The molecule has 180 valence electrons. The van der Waals surface area contributed by atoms with Gasteiger partial charge in [-0.25, -0.2) is 9.37 Å². The molecule has 1 saturated heterocycles. The number of rotatable bonds is 6. The fourth-order valence-electron chi connectivity index (χ4n) is 4.43. The van der Waals surface area contributed by atoms with E-state index in [0.717, 1.165) is 43.6 Å². The summed E-state index contributed by atoms with van der Waals surface area (Å²) in [5, 5.41) is 8.06. The minimum absolute atomic E-state index is 0.0187. The fourth-order valence-corrected chi connectivity index (χ4v) is 4.55. The molecule has 1 amide bonds. The zero-order chi connectivity index (χ0) is 24.4. The number of aromatic nitrogens is 4. The number of fused-ring (bicyclic) bond motifs is 1. The van der Waals surface area contributed by atoms with Gasteiger partial charge in [0.05, 0.1) is 22.3 Å². The van der Waals surface area contributed by atoms with Gasteiger partial charge in [0.2, 0.25) is 0 Å². The Balaban J connectivity index is 1.42. The molecule has 7 nitrogen and oxygen atoms in total. The van der Waals surface area contributed by atoms with Gasteiger partial charge < -0.3 is 10.1 Å². The van der Waals surface area contributed by atoms with Crippen molar-refractivity contribution >= 4 is 28.4 Å². The number of benzene rings is 1. The van der Waals surface area contributed by atoms with E-state index in [1.165, 1.54) is 12.1 Å². The fraction of sp³-hybridized carbons (Fsp3) is 0.308. The van der Waals surface area contributed by atoms with Crippen LogP contribution in [0.2, 0.25) is 5.02 Å². The van der Waals surface area contributed by atoms with Gasteiger partial charge in [0.25, 0.3) is 5.91 Å². The third kappa shape index (κ3) is 5.18. The number of halogens is 2. The second-order valence-electron chi connectivity index (χ2n) is 8.78. The van der Waals surface area contributed by atoms with E-state index in [1.807, 2.05) is 12.1 Å². The van der Waals surface area contributed by atoms with E-state index in [2.05, 4.69) is 20.4 Å². The van der Waals surface area contributed by atoms with Crippen LogP contribution in [0, 0.1) is 11.7 Å². The van der Waals surface area contributed by atoms with Gasteiger partial charge in [-0.2, -0.15) is 5.10 Å². The van der Waals surface area contributed by atoms with Crippen LogP contribution in [0.25, 0.3) is 10.9 Å². The zero-order valence-electron chi connectivity index (χ0n) is 19.2. The summed E-state index contributed by atoms with van der Waals surface area (Å²) in [6.45, 7) is 1.58. The molecule has 5 rings (SSSR count). The average Bonchev–Trinajstić information content (AvgIpc) is 3.29. The van der Waals surface area contributed by atoms with Crippen LogP contribution in [-0.2, 0) is 18.2 Å². The first-order valence-corrected chi connectivity index (χ1v) is 11.9. The van der Waals surface area contributed by atoms with E-state index >= 15 is 0 Å². The van der Waals surface area contributed by atoms with Crippen molar-refractivity contribution in [3.05, 3.63) is 88.3 Å². The third-order valence-corrected chi connectivity index (χ3v) is 6.72. The molecule has 3 aromatic heterocycles. The molecule has 1 atom stereocenters. The number of aryl methyl sites for hydroxylation is 1. The zero-order valence-corrected chi connectivity index (χ0v) is 20.0. The maximum Gasteiger partial charge on any atom is 0.270 e. The normalized spacial score (nSPS) is 15.3. The number of pyridine rings is 2. The Kier molecular flexibility index (Phi) is 6.74. The van der Waals surface area contributed by atoms with Crippen LogP contribution >= 0.6 is 11.6 Å². The van der Waals surface area contributed by atoms with Gasteiger partial charge in [-0.3, -0.25) is 14.5 Å². The maximum atomic E-state index is 14.2. The Morgan fingerprint density at radius 1 is 1.23 bits per heavy atom. The Morgan fingerprint density at radius 3 is 2.80 bits per heavy atom. The molecular weight excluding hydrogens is 469 g/mol. The van der Waals surface area contributed by atoms with Crippen molar-refractivity contribution in [3.63, 3.8) is 0 Å². The maximum absolute atomic E-state index is 14.2. The van der Waals surface area contributed by atoms with Gasteiger partial charge in [-0.05, 0) is 67.1 Å². The molecule has 0 aliphatic carbocycles. The first-order valence-electron chi connectivity index (χ1n) is 11.5. The molecule has 0 spiro atoms. The van der Waals surface area contributed by atoms with Crippen LogP contribution in [0.4, 0.5) is 4.39 Å². The molecule has 1 aromatic carbocycles. The lowest BCUT2D eigenvalue weighted by atomic mass is 9.94. The van der Waals surface area contributed by atoms with Crippen molar-refractivity contribution < 1.29 is 13.9 Å². The smallest absolute Gasteiger partial charge is 0.270 e. The molecule has 4 heterocycles. The molecule has 0 bridgehead atoms. The number of carbonyl (C=O) groups excluding carboxylic acids is 1. The summed E-state index contributed by atoms with van der Waals surface area (Å²) in [4.78, 5) is 22.5. The van der Waals surface area contributed by atoms with Crippen molar-refractivity contribution in [3.8, 4) is 0 Å². The number of carbonyl (C=O) groups is 1. The topological polar surface area (TPSA) is 81.9 Å². The number of hydrogen-bond acceptors (Lipinski definition) is 5. The summed E-state index contributed by atoms with van der Waals surface area (Å²) in [7, 11) is 1.77. The average molecular weight is 494 g/mol. The highest BCUT2D eigenvalue weighted by Crippen LogP contribution is 2.26. The van der Waals surface area contributed by atoms with Crippen molar-refractivity contribution in [2.45, 2.75) is 25.3 Å². The molecule has 1 aliphatic rings. The summed E-state index contributed by atoms with van der Waals surface area (Å²) in [6.07, 6.45) is 6.34. The summed E-state index contributed by atoms with van der Waals surface area (Å²) >= 11 is 5.87. The molecule has 4 aromatic rings. The molecule has 0 unspecified atom stereocenters. The van der Waals surface area contributed by atoms with E-state index in [0.29, 0.717) is 22.7 Å². The predicted molar refractivity (Wildman–Crippen MR) is 131 cm³/mol. The first-order chi connectivity index (χ1) is 17.0. The Labute approximate surface area is 207 Å². The Hall–Kier alpha value is -3.36. The van der Waals surface area contributed by atoms with Crippen LogP contribution in [-0.4, -0.2) is 38.9 Å². The van der Waals surface area contributed by atoms with Crippen molar-refractivity contribution in [2.75, 3.05) is 13.2 Å². The lowest BCUT2D eigenvalue weighted by molar-refractivity contribution is 0.0663. The molecule has 35 heavy (non-hydrogen) atoms. The van der Waals surface area contributed by atoms with Crippen LogP contribution < -0.4 is 5.32 Å². The highest BCUT2D eigenvalue weighted by atomic mass is 35.5. The molecule has 1 aliphatic heterocycles. The van der Waals surface area contributed by atoms with E-state index in [-0.39, 0.29) is 16.6 Å². The summed E-state index contributed by atoms with van der Waals surface area (Å²) < 4.78 is 21.3. The number of ether oxygens (including phenoxy) is 1. The van der Waals surface area contributed by atoms with E-state index in [9.17, 15) is 9.18 Å². The molecule has 0 radical (unpaired) electrons. The van der Waals surface area contributed by atoms with Crippen molar-refractivity contribution in [2.24, 2.45) is 13.0 Å². The minimum Gasteiger partial charge on any atom is -0.381 e. The number of nitrogens with one attached hydrogen (secondary N) is 1. The molecular formula is C26H25ClFN5O2. The lowest BCUT2D eigenvalue weighted by Crippen LogP contribution is -2.31. The second-order valence-corrected chi connectivity index (χ2v) is 9.19. The summed E-state index contributed by atoms with van der Waals surface area (Å²) in [5.74, 6) is -0.394. The van der Waals surface area contributed by atoms with E-state index in [4.69, 9.17) is 16.3 Å². The largest absolute Gasteiger partial charge is 0.381 e. The Morgan fingerprint density at radius 2 is 2.06 bits per heavy atom. The van der Waals surface area contributed by atoms with Gasteiger partial charge in [0.1, 0.15) is 11.5 Å². The monoisotopic (exact) mass is 493 g/mol. The van der Waals surface area contributed by atoms with Gasteiger partial charge in [0.15, 0.2) is 0 Å². The minimum atomic E-state index is -0.638. The number of amides is 1. The third-order valence-electron chi connectivity index (χ3n) is 6.41.